The summed E-state index contributed by atoms with van der Waals surface area (Å²) in [5.41, 5.74) is 0.156. The highest BCUT2D eigenvalue weighted by Gasteiger charge is 2.14. The first-order valence-corrected chi connectivity index (χ1v) is 5.99. The second kappa shape index (κ2) is 5.71. The minimum Gasteiger partial charge on any atom is -0.438 e. The van der Waals surface area contributed by atoms with E-state index in [4.69, 9.17) is 16.3 Å². The van der Waals surface area contributed by atoms with E-state index < -0.39 is 9.85 Å². The van der Waals surface area contributed by atoms with E-state index in [-0.39, 0.29) is 22.4 Å². The Morgan fingerprint density at radius 1 is 1.10 bits per heavy atom. The molecule has 2 aromatic rings. The fourth-order valence-corrected chi connectivity index (χ4v) is 1.79. The van der Waals surface area contributed by atoms with Crippen molar-refractivity contribution in [3.63, 3.8) is 0 Å². The molecule has 0 atom stereocenters. The molecule has 0 aliphatic rings. The van der Waals surface area contributed by atoms with Crippen molar-refractivity contribution < 1.29 is 14.6 Å². The second-order valence-corrected chi connectivity index (χ2v) is 4.44. The van der Waals surface area contributed by atoms with E-state index in [1.165, 1.54) is 18.2 Å². The number of hydrogen-bond acceptors (Lipinski definition) is 6. The minimum atomic E-state index is -0.622. The standard InChI is InChI=1S/C12H8ClN3O5/c1-7-4-8(15(17)18)2-3-10(7)21-12-6-9(16(19)20)5-11(13)14-12/h2-6H,1H3. The number of benzene rings is 1. The van der Waals surface area contributed by atoms with Crippen LogP contribution in [0.5, 0.6) is 11.6 Å². The molecule has 0 bridgehead atoms. The smallest absolute Gasteiger partial charge is 0.277 e. The molecular formula is C12H8ClN3O5. The summed E-state index contributed by atoms with van der Waals surface area (Å²) < 4.78 is 5.39. The predicted molar refractivity (Wildman–Crippen MR) is 73.8 cm³/mol. The number of hydrogen-bond donors (Lipinski definition) is 0. The lowest BCUT2D eigenvalue weighted by Gasteiger charge is -2.07. The number of halogens is 1. The Morgan fingerprint density at radius 3 is 2.33 bits per heavy atom. The molecule has 1 aromatic carbocycles. The highest BCUT2D eigenvalue weighted by Crippen LogP contribution is 2.30. The van der Waals surface area contributed by atoms with Crippen molar-refractivity contribution in [2.24, 2.45) is 0 Å². The molecule has 8 nitrogen and oxygen atoms in total. The molecule has 0 radical (unpaired) electrons. The quantitative estimate of drug-likeness (QED) is 0.484. The van der Waals surface area contributed by atoms with Crippen LogP contribution in [0.4, 0.5) is 11.4 Å². The van der Waals surface area contributed by atoms with E-state index in [0.717, 1.165) is 12.1 Å². The van der Waals surface area contributed by atoms with Crippen molar-refractivity contribution in [1.29, 1.82) is 0 Å². The normalized spacial score (nSPS) is 10.2. The van der Waals surface area contributed by atoms with Gasteiger partial charge in [0.15, 0.2) is 0 Å². The summed E-state index contributed by atoms with van der Waals surface area (Å²) in [5.74, 6) is 0.232. The predicted octanol–water partition coefficient (Wildman–Crippen LogP) is 3.65. The van der Waals surface area contributed by atoms with Gasteiger partial charge in [0.25, 0.3) is 11.4 Å². The number of nitro benzene ring substituents is 1. The molecule has 0 saturated carbocycles. The van der Waals surface area contributed by atoms with Crippen LogP contribution in [0.15, 0.2) is 30.3 Å². The first-order chi connectivity index (χ1) is 9.86. The summed E-state index contributed by atoms with van der Waals surface area (Å²) in [6.07, 6.45) is 0. The molecule has 0 N–H and O–H groups in total. The van der Waals surface area contributed by atoms with Gasteiger partial charge in [-0.05, 0) is 18.6 Å². The van der Waals surface area contributed by atoms with E-state index in [0.29, 0.717) is 11.3 Å². The Hall–Kier alpha value is -2.74. The molecule has 1 heterocycles. The summed E-state index contributed by atoms with van der Waals surface area (Å²) in [6.45, 7) is 1.61. The van der Waals surface area contributed by atoms with Crippen LogP contribution >= 0.6 is 11.6 Å². The van der Waals surface area contributed by atoms with Gasteiger partial charge in [-0.3, -0.25) is 20.2 Å². The minimum absolute atomic E-state index is 0.0637. The summed E-state index contributed by atoms with van der Waals surface area (Å²) in [6, 6.07) is 6.20. The lowest BCUT2D eigenvalue weighted by molar-refractivity contribution is -0.385. The maximum absolute atomic E-state index is 10.7. The highest BCUT2D eigenvalue weighted by molar-refractivity contribution is 6.29. The lowest BCUT2D eigenvalue weighted by atomic mass is 10.2. The number of nitro groups is 2. The van der Waals surface area contributed by atoms with E-state index in [1.54, 1.807) is 6.92 Å². The maximum Gasteiger partial charge on any atom is 0.277 e. The van der Waals surface area contributed by atoms with Crippen molar-refractivity contribution in [1.82, 2.24) is 4.98 Å². The van der Waals surface area contributed by atoms with E-state index in [1.807, 2.05) is 0 Å². The summed E-state index contributed by atoms with van der Waals surface area (Å²) in [5, 5.41) is 21.3. The van der Waals surface area contributed by atoms with Gasteiger partial charge in [0.05, 0.1) is 22.0 Å². The Labute approximate surface area is 123 Å². The summed E-state index contributed by atoms with van der Waals surface area (Å²) in [7, 11) is 0. The fraction of sp³-hybridized carbons (Fsp3) is 0.0833. The molecule has 0 aliphatic carbocycles. The molecule has 21 heavy (non-hydrogen) atoms. The third-order valence-corrected chi connectivity index (χ3v) is 2.74. The third-order valence-electron chi connectivity index (χ3n) is 2.55. The van der Waals surface area contributed by atoms with Crippen LogP contribution in [-0.4, -0.2) is 14.8 Å². The molecule has 0 unspecified atom stereocenters. The van der Waals surface area contributed by atoms with Crippen LogP contribution in [0.3, 0.4) is 0 Å². The number of ether oxygens (including phenoxy) is 1. The molecule has 2 rings (SSSR count). The van der Waals surface area contributed by atoms with Gasteiger partial charge in [0, 0.05) is 12.1 Å². The number of aromatic nitrogens is 1. The largest absolute Gasteiger partial charge is 0.438 e. The maximum atomic E-state index is 10.7. The van der Waals surface area contributed by atoms with Crippen LogP contribution in [0.25, 0.3) is 0 Å². The molecule has 9 heteroatoms. The summed E-state index contributed by atoms with van der Waals surface area (Å²) in [4.78, 5) is 24.0. The molecule has 108 valence electrons. The average Bonchev–Trinajstić information content (AvgIpc) is 2.40. The van der Waals surface area contributed by atoms with E-state index >= 15 is 0 Å². The molecule has 0 spiro atoms. The van der Waals surface area contributed by atoms with E-state index in [2.05, 4.69) is 4.98 Å². The number of pyridine rings is 1. The van der Waals surface area contributed by atoms with Crippen LogP contribution < -0.4 is 4.74 Å². The fourth-order valence-electron chi connectivity index (χ4n) is 1.59. The van der Waals surface area contributed by atoms with Gasteiger partial charge in [0.2, 0.25) is 5.88 Å². The van der Waals surface area contributed by atoms with Crippen LogP contribution in [0.2, 0.25) is 5.15 Å². The van der Waals surface area contributed by atoms with Gasteiger partial charge in [-0.25, -0.2) is 4.98 Å². The first kappa shape index (κ1) is 14.7. The van der Waals surface area contributed by atoms with Crippen molar-refractivity contribution in [2.75, 3.05) is 0 Å². The second-order valence-electron chi connectivity index (χ2n) is 4.05. The van der Waals surface area contributed by atoms with Gasteiger partial charge in [-0.15, -0.1) is 0 Å². The topological polar surface area (TPSA) is 108 Å². The molecule has 0 aliphatic heterocycles. The number of non-ortho nitro benzene ring substituents is 1. The zero-order valence-electron chi connectivity index (χ0n) is 10.6. The first-order valence-electron chi connectivity index (χ1n) is 5.61. The summed E-state index contributed by atoms with van der Waals surface area (Å²) >= 11 is 5.68. The van der Waals surface area contributed by atoms with Crippen LogP contribution in [0.1, 0.15) is 5.56 Å². The van der Waals surface area contributed by atoms with Crippen LogP contribution in [0, 0.1) is 27.2 Å². The molecule has 0 fully saturated rings. The molecule has 1 aromatic heterocycles. The monoisotopic (exact) mass is 309 g/mol. The highest BCUT2D eigenvalue weighted by atomic mass is 35.5. The van der Waals surface area contributed by atoms with Gasteiger partial charge < -0.3 is 4.74 Å². The van der Waals surface area contributed by atoms with Crippen molar-refractivity contribution in [3.8, 4) is 11.6 Å². The number of rotatable bonds is 4. The zero-order chi connectivity index (χ0) is 15.6. The van der Waals surface area contributed by atoms with E-state index in [9.17, 15) is 20.2 Å². The Morgan fingerprint density at radius 2 is 1.76 bits per heavy atom. The molecular weight excluding hydrogens is 302 g/mol. The van der Waals surface area contributed by atoms with Gasteiger partial charge in [0.1, 0.15) is 10.9 Å². The zero-order valence-corrected chi connectivity index (χ0v) is 11.4. The Kier molecular flexibility index (Phi) is 3.99. The van der Waals surface area contributed by atoms with Crippen molar-refractivity contribution in [3.05, 3.63) is 61.3 Å². The molecule has 0 saturated heterocycles. The number of nitrogens with zero attached hydrogens (tertiary/aromatic N) is 3. The van der Waals surface area contributed by atoms with Crippen molar-refractivity contribution >= 4 is 23.0 Å². The SMILES string of the molecule is Cc1cc([N+](=O)[O-])ccc1Oc1cc([N+](=O)[O-])cc(Cl)n1. The number of aryl methyl sites for hydroxylation is 1. The third kappa shape index (κ3) is 3.42. The molecule has 0 amide bonds. The Balaban J connectivity index is 2.34. The van der Waals surface area contributed by atoms with Gasteiger partial charge in [-0.1, -0.05) is 11.6 Å². The van der Waals surface area contributed by atoms with Gasteiger partial charge in [-0.2, -0.15) is 0 Å². The van der Waals surface area contributed by atoms with Crippen LogP contribution in [-0.2, 0) is 0 Å². The van der Waals surface area contributed by atoms with Crippen molar-refractivity contribution in [2.45, 2.75) is 6.92 Å². The average molecular weight is 310 g/mol. The van der Waals surface area contributed by atoms with Gasteiger partial charge >= 0.3 is 0 Å². The Bertz CT molecular complexity index is 735. The lowest BCUT2D eigenvalue weighted by Crippen LogP contribution is -1.95.